The second-order valence-corrected chi connectivity index (χ2v) is 6.95. The van der Waals surface area contributed by atoms with E-state index in [1.54, 1.807) is 0 Å². The quantitative estimate of drug-likeness (QED) is 0.677. The molecule has 0 spiro atoms. The Morgan fingerprint density at radius 3 is 2.65 bits per heavy atom. The number of hydrogen-bond donors (Lipinski definition) is 3. The van der Waals surface area contributed by atoms with Gasteiger partial charge in [0.05, 0.1) is 5.52 Å². The van der Waals surface area contributed by atoms with Gasteiger partial charge in [-0.1, -0.05) is 6.07 Å². The number of fused-ring (bicyclic) bond motifs is 1. The van der Waals surface area contributed by atoms with E-state index in [-0.39, 0.29) is 5.56 Å². The lowest BCUT2D eigenvalue weighted by Gasteiger charge is -2.25. The maximum absolute atomic E-state index is 12.2. The summed E-state index contributed by atoms with van der Waals surface area (Å²) in [6, 6.07) is 6.34. The summed E-state index contributed by atoms with van der Waals surface area (Å²) in [5.41, 5.74) is 4.32. The number of piperidine rings is 1. The molecule has 4 rings (SSSR count). The molecule has 6 heteroatoms. The zero-order valence-corrected chi connectivity index (χ0v) is 15.1. The SMILES string of the molecule is Cc1ccc(-c2cnc(NC3CCNCC3)c3[nH]c(=O)c(C)cc23)cn1. The lowest BCUT2D eigenvalue weighted by Crippen LogP contribution is -2.35. The lowest BCUT2D eigenvalue weighted by molar-refractivity contribution is 0.478. The number of rotatable bonds is 3. The van der Waals surface area contributed by atoms with Gasteiger partial charge in [0.15, 0.2) is 5.82 Å². The number of nitrogens with one attached hydrogen (secondary N) is 3. The summed E-state index contributed by atoms with van der Waals surface area (Å²) in [5.74, 6) is 0.743. The molecule has 0 radical (unpaired) electrons. The van der Waals surface area contributed by atoms with Gasteiger partial charge in [0, 0.05) is 46.2 Å². The molecular weight excluding hydrogens is 326 g/mol. The van der Waals surface area contributed by atoms with Crippen molar-refractivity contribution in [1.82, 2.24) is 20.3 Å². The molecule has 6 nitrogen and oxygen atoms in total. The molecule has 3 aromatic heterocycles. The first-order valence-corrected chi connectivity index (χ1v) is 9.05. The number of pyridine rings is 3. The Bertz CT molecular complexity index is 987. The fourth-order valence-electron chi connectivity index (χ4n) is 3.42. The van der Waals surface area contributed by atoms with Gasteiger partial charge in [0.1, 0.15) is 0 Å². The summed E-state index contributed by atoms with van der Waals surface area (Å²) in [5, 5.41) is 7.87. The molecular formula is C20H23N5O. The molecule has 1 aliphatic rings. The molecule has 3 aromatic rings. The standard InChI is InChI=1S/C20H23N5O/c1-12-9-16-17(14-4-3-13(2)22-10-14)11-23-19(18(16)25-20(12)26)24-15-5-7-21-8-6-15/h3-4,9-11,15,21H,5-8H2,1-2H3,(H,23,24)(H,25,26). The minimum atomic E-state index is -0.0770. The minimum absolute atomic E-state index is 0.0770. The Morgan fingerprint density at radius 1 is 1.12 bits per heavy atom. The number of nitrogens with zero attached hydrogens (tertiary/aromatic N) is 2. The number of anilines is 1. The molecule has 134 valence electrons. The van der Waals surface area contributed by atoms with Crippen molar-refractivity contribution in [2.24, 2.45) is 0 Å². The van der Waals surface area contributed by atoms with Crippen LogP contribution in [0.1, 0.15) is 24.1 Å². The van der Waals surface area contributed by atoms with Gasteiger partial charge in [-0.05, 0) is 51.9 Å². The van der Waals surface area contributed by atoms with Gasteiger partial charge in [-0.15, -0.1) is 0 Å². The van der Waals surface area contributed by atoms with Crippen LogP contribution in [-0.4, -0.2) is 34.1 Å². The molecule has 0 unspecified atom stereocenters. The first-order chi connectivity index (χ1) is 12.6. The molecule has 0 aromatic carbocycles. The normalized spacial score (nSPS) is 15.3. The Morgan fingerprint density at radius 2 is 1.92 bits per heavy atom. The van der Waals surface area contributed by atoms with Crippen molar-refractivity contribution in [1.29, 1.82) is 0 Å². The van der Waals surface area contributed by atoms with Crippen molar-refractivity contribution in [2.75, 3.05) is 18.4 Å². The Kier molecular flexibility index (Phi) is 4.42. The number of aromatic nitrogens is 3. The van der Waals surface area contributed by atoms with Crippen molar-refractivity contribution in [3.63, 3.8) is 0 Å². The Labute approximate surface area is 152 Å². The molecule has 0 aliphatic carbocycles. The zero-order chi connectivity index (χ0) is 18.1. The molecule has 1 aliphatic heterocycles. The van der Waals surface area contributed by atoms with Gasteiger partial charge in [-0.2, -0.15) is 0 Å². The van der Waals surface area contributed by atoms with Crippen molar-refractivity contribution >= 4 is 16.7 Å². The van der Waals surface area contributed by atoms with E-state index in [1.807, 2.05) is 44.4 Å². The zero-order valence-electron chi connectivity index (χ0n) is 15.1. The highest BCUT2D eigenvalue weighted by atomic mass is 16.1. The van der Waals surface area contributed by atoms with Crippen molar-refractivity contribution in [2.45, 2.75) is 32.7 Å². The molecule has 1 fully saturated rings. The van der Waals surface area contributed by atoms with E-state index in [0.29, 0.717) is 11.6 Å². The maximum Gasteiger partial charge on any atom is 0.251 e. The third-order valence-corrected chi connectivity index (χ3v) is 4.98. The molecule has 3 N–H and O–H groups in total. The summed E-state index contributed by atoms with van der Waals surface area (Å²) in [4.78, 5) is 24.3. The first kappa shape index (κ1) is 16.7. The van der Waals surface area contributed by atoms with Crippen LogP contribution in [0.5, 0.6) is 0 Å². The van der Waals surface area contributed by atoms with Gasteiger partial charge in [0.2, 0.25) is 0 Å². The van der Waals surface area contributed by atoms with E-state index in [1.165, 1.54) is 0 Å². The molecule has 0 amide bonds. The second kappa shape index (κ2) is 6.88. The molecule has 0 saturated carbocycles. The van der Waals surface area contributed by atoms with Crippen LogP contribution in [0.2, 0.25) is 0 Å². The van der Waals surface area contributed by atoms with Crippen LogP contribution in [0, 0.1) is 13.8 Å². The van der Waals surface area contributed by atoms with Crippen molar-refractivity contribution in [3.8, 4) is 11.1 Å². The van der Waals surface area contributed by atoms with Crippen LogP contribution in [0.4, 0.5) is 5.82 Å². The monoisotopic (exact) mass is 349 g/mol. The van der Waals surface area contributed by atoms with E-state index in [2.05, 4.69) is 25.6 Å². The largest absolute Gasteiger partial charge is 0.366 e. The Balaban J connectivity index is 1.84. The predicted molar refractivity (Wildman–Crippen MR) is 105 cm³/mol. The van der Waals surface area contributed by atoms with E-state index in [4.69, 9.17) is 0 Å². The fraction of sp³-hybridized carbons (Fsp3) is 0.350. The van der Waals surface area contributed by atoms with E-state index < -0.39 is 0 Å². The lowest BCUT2D eigenvalue weighted by atomic mass is 10.0. The van der Waals surface area contributed by atoms with Gasteiger partial charge >= 0.3 is 0 Å². The highest BCUT2D eigenvalue weighted by Gasteiger charge is 2.17. The number of hydrogen-bond acceptors (Lipinski definition) is 5. The summed E-state index contributed by atoms with van der Waals surface area (Å²) >= 11 is 0. The maximum atomic E-state index is 12.2. The van der Waals surface area contributed by atoms with E-state index >= 15 is 0 Å². The number of H-pyrrole nitrogens is 1. The van der Waals surface area contributed by atoms with Crippen LogP contribution < -0.4 is 16.2 Å². The van der Waals surface area contributed by atoms with Crippen LogP contribution >= 0.6 is 0 Å². The average molecular weight is 349 g/mol. The smallest absolute Gasteiger partial charge is 0.251 e. The molecule has 0 atom stereocenters. The average Bonchev–Trinajstić information content (AvgIpc) is 2.65. The summed E-state index contributed by atoms with van der Waals surface area (Å²) in [6.45, 7) is 5.79. The van der Waals surface area contributed by atoms with Crippen LogP contribution in [0.15, 0.2) is 35.4 Å². The second-order valence-electron chi connectivity index (χ2n) is 6.95. The molecule has 1 saturated heterocycles. The van der Waals surface area contributed by atoms with Gasteiger partial charge in [-0.3, -0.25) is 9.78 Å². The van der Waals surface area contributed by atoms with Crippen molar-refractivity contribution < 1.29 is 0 Å². The van der Waals surface area contributed by atoms with Gasteiger partial charge < -0.3 is 15.6 Å². The Hall–Kier alpha value is -2.73. The highest BCUT2D eigenvalue weighted by molar-refractivity contribution is 5.99. The van der Waals surface area contributed by atoms with Crippen LogP contribution in [0.3, 0.4) is 0 Å². The number of aromatic amines is 1. The minimum Gasteiger partial charge on any atom is -0.366 e. The van der Waals surface area contributed by atoms with Crippen molar-refractivity contribution in [3.05, 3.63) is 52.2 Å². The van der Waals surface area contributed by atoms with E-state index in [9.17, 15) is 4.79 Å². The summed E-state index contributed by atoms with van der Waals surface area (Å²) in [6.07, 6.45) is 5.81. The number of aryl methyl sites for hydroxylation is 2. The third-order valence-electron chi connectivity index (χ3n) is 4.98. The first-order valence-electron chi connectivity index (χ1n) is 9.05. The van der Waals surface area contributed by atoms with E-state index in [0.717, 1.165) is 59.5 Å². The fourth-order valence-corrected chi connectivity index (χ4v) is 3.42. The van der Waals surface area contributed by atoms with Crippen LogP contribution in [0.25, 0.3) is 22.0 Å². The molecule has 26 heavy (non-hydrogen) atoms. The predicted octanol–water partition coefficient (Wildman–Crippen LogP) is 2.77. The van der Waals surface area contributed by atoms with Gasteiger partial charge in [-0.25, -0.2) is 4.98 Å². The summed E-state index contributed by atoms with van der Waals surface area (Å²) < 4.78 is 0. The third kappa shape index (κ3) is 3.20. The van der Waals surface area contributed by atoms with Crippen LogP contribution in [-0.2, 0) is 0 Å². The summed E-state index contributed by atoms with van der Waals surface area (Å²) in [7, 11) is 0. The van der Waals surface area contributed by atoms with Gasteiger partial charge in [0.25, 0.3) is 5.56 Å². The molecule has 0 bridgehead atoms. The highest BCUT2D eigenvalue weighted by Crippen LogP contribution is 2.30. The molecule has 4 heterocycles. The topological polar surface area (TPSA) is 82.7 Å².